The van der Waals surface area contributed by atoms with Crippen LogP contribution in [0, 0.1) is 22.5 Å². The number of nitrogens with zero attached hydrogens (tertiary/aromatic N) is 5. The number of nitro groups is 1. The second-order valence-corrected chi connectivity index (χ2v) is 20.3. The van der Waals surface area contributed by atoms with Gasteiger partial charge in [-0.1, -0.05) is 43.2 Å². The van der Waals surface area contributed by atoms with Crippen LogP contribution in [0.5, 0.6) is 5.88 Å². The van der Waals surface area contributed by atoms with E-state index >= 15 is 0 Å². The molecule has 0 saturated carbocycles. The third kappa shape index (κ3) is 9.86. The van der Waals surface area contributed by atoms with Gasteiger partial charge >= 0.3 is 0 Å². The molecule has 1 amide bonds. The minimum absolute atomic E-state index is 0.0996. The number of aryl methyl sites for hydroxylation is 1. The summed E-state index contributed by atoms with van der Waals surface area (Å²) in [5.41, 5.74) is 7.83. The van der Waals surface area contributed by atoms with Crippen LogP contribution in [0.25, 0.3) is 16.6 Å². The normalized spacial score (nSPS) is 19.2. The highest BCUT2D eigenvalue weighted by atomic mass is 35.5. The largest absolute Gasteiger partial charge is 0.476 e. The number of allylic oxidation sites excluding steroid dienone is 1. The van der Waals surface area contributed by atoms with Crippen LogP contribution >= 0.6 is 11.6 Å². The molecular formula is C48H55ClN8O8S. The Morgan fingerprint density at radius 3 is 2.61 bits per heavy atom. The highest BCUT2D eigenvalue weighted by Gasteiger charge is 2.32. The summed E-state index contributed by atoms with van der Waals surface area (Å²) in [5.74, 6) is -0.503. The fraction of sp³-hybridized carbons (Fsp3) is 0.417. The van der Waals surface area contributed by atoms with E-state index in [1.807, 2.05) is 35.2 Å². The van der Waals surface area contributed by atoms with Crippen molar-refractivity contribution in [3.63, 3.8) is 0 Å². The van der Waals surface area contributed by atoms with Gasteiger partial charge in [-0.05, 0) is 103 Å². The van der Waals surface area contributed by atoms with Gasteiger partial charge in [-0.3, -0.25) is 19.8 Å². The number of carbonyl (C=O) groups excluding carboxylic acids is 1. The number of amides is 1. The fourth-order valence-electron chi connectivity index (χ4n) is 9.32. The van der Waals surface area contributed by atoms with Crippen molar-refractivity contribution in [3.8, 4) is 5.88 Å². The highest BCUT2D eigenvalue weighted by Crippen LogP contribution is 2.44. The lowest BCUT2D eigenvalue weighted by Gasteiger charge is -2.39. The number of aromatic amines is 1. The molecule has 2 aromatic heterocycles. The Hall–Kier alpha value is -5.72. The number of sulfonamides is 1. The first-order chi connectivity index (χ1) is 31.7. The first-order valence-corrected chi connectivity index (χ1v) is 24.3. The summed E-state index contributed by atoms with van der Waals surface area (Å²) in [6.07, 6.45) is 5.26. The summed E-state index contributed by atoms with van der Waals surface area (Å²) >= 11 is 6.44. The van der Waals surface area contributed by atoms with Crippen LogP contribution in [0.3, 0.4) is 0 Å². The summed E-state index contributed by atoms with van der Waals surface area (Å²) in [4.78, 5) is 40.1. The number of carbonyl (C=O) groups is 1. The summed E-state index contributed by atoms with van der Waals surface area (Å²) in [6.45, 7) is 13.0. The number of hydrogen-bond acceptors (Lipinski definition) is 13. The van der Waals surface area contributed by atoms with E-state index in [0.29, 0.717) is 62.3 Å². The monoisotopic (exact) mass is 938 g/mol. The maximum atomic E-state index is 14.4. The van der Waals surface area contributed by atoms with Crippen molar-refractivity contribution in [2.45, 2.75) is 57.5 Å². The number of piperazine rings is 1. The molecule has 16 nitrogen and oxygen atoms in total. The number of rotatable bonds is 12. The zero-order valence-corrected chi connectivity index (χ0v) is 39.0. The number of ether oxygens (including phenoxy) is 3. The van der Waals surface area contributed by atoms with E-state index in [4.69, 9.17) is 30.8 Å². The zero-order chi connectivity index (χ0) is 46.2. The highest BCUT2D eigenvalue weighted by molar-refractivity contribution is 7.90. The van der Waals surface area contributed by atoms with Crippen LogP contribution < -0.4 is 24.6 Å². The lowest BCUT2D eigenvalue weighted by atomic mass is 9.72. The van der Waals surface area contributed by atoms with Crippen LogP contribution in [0.4, 0.5) is 28.4 Å². The van der Waals surface area contributed by atoms with Crippen LogP contribution in [-0.4, -0.2) is 112 Å². The van der Waals surface area contributed by atoms with Crippen molar-refractivity contribution in [2.75, 3.05) is 87.4 Å². The molecular weight excluding hydrogens is 884 g/mol. The smallest absolute Gasteiger partial charge is 0.293 e. The number of aromatic nitrogens is 2. The fourth-order valence-corrected chi connectivity index (χ4v) is 10.4. The van der Waals surface area contributed by atoms with Crippen molar-refractivity contribution in [1.82, 2.24) is 19.6 Å². The van der Waals surface area contributed by atoms with Crippen LogP contribution in [-0.2, 0) is 19.5 Å². The Labute approximate surface area is 389 Å². The molecule has 3 N–H and O–H groups in total. The molecule has 348 valence electrons. The maximum absolute atomic E-state index is 14.4. The van der Waals surface area contributed by atoms with Gasteiger partial charge < -0.3 is 34.3 Å². The molecule has 4 aliphatic rings. The van der Waals surface area contributed by atoms with Gasteiger partial charge in [0.2, 0.25) is 5.88 Å². The Bertz CT molecular complexity index is 2800. The molecule has 18 heteroatoms. The van der Waals surface area contributed by atoms with E-state index in [-0.39, 0.29) is 29.3 Å². The van der Waals surface area contributed by atoms with Crippen molar-refractivity contribution in [3.05, 3.63) is 110 Å². The Kier molecular flexibility index (Phi) is 13.0. The second kappa shape index (κ2) is 18.9. The first-order valence-electron chi connectivity index (χ1n) is 22.5. The molecule has 9 rings (SSSR count). The van der Waals surface area contributed by atoms with Crippen LogP contribution in [0.2, 0.25) is 5.02 Å². The number of nitrogens with one attached hydrogen (secondary N) is 3. The molecule has 1 atom stereocenters. The summed E-state index contributed by atoms with van der Waals surface area (Å²) < 4.78 is 47.3. The number of fused-ring (bicyclic) bond motifs is 2. The van der Waals surface area contributed by atoms with E-state index in [0.717, 1.165) is 79.7 Å². The molecule has 0 bridgehead atoms. The quantitative estimate of drug-likeness (QED) is 0.0807. The molecule has 5 heterocycles. The van der Waals surface area contributed by atoms with E-state index in [2.05, 4.69) is 57.7 Å². The van der Waals surface area contributed by atoms with Gasteiger partial charge in [-0.15, -0.1) is 0 Å². The molecule has 66 heavy (non-hydrogen) atoms. The van der Waals surface area contributed by atoms with Gasteiger partial charge in [0, 0.05) is 74.2 Å². The average Bonchev–Trinajstić information content (AvgIpc) is 3.67. The lowest BCUT2D eigenvalue weighted by Crippen LogP contribution is -2.47. The number of anilines is 4. The Morgan fingerprint density at radius 2 is 1.83 bits per heavy atom. The topological polar surface area (TPSA) is 185 Å². The molecule has 0 radical (unpaired) electrons. The van der Waals surface area contributed by atoms with Crippen molar-refractivity contribution >= 4 is 72.6 Å². The molecule has 0 unspecified atom stereocenters. The zero-order valence-electron chi connectivity index (χ0n) is 37.4. The Morgan fingerprint density at radius 1 is 1.00 bits per heavy atom. The number of H-pyrrole nitrogens is 1. The summed E-state index contributed by atoms with van der Waals surface area (Å²) in [7, 11) is -4.60. The molecule has 3 aromatic carbocycles. The molecule has 0 spiro atoms. The molecule has 2 saturated heterocycles. The predicted octanol–water partition coefficient (Wildman–Crippen LogP) is 8.09. The Balaban J connectivity index is 0.987. The summed E-state index contributed by atoms with van der Waals surface area (Å²) in [6, 6.07) is 19.2. The minimum atomic E-state index is -4.60. The maximum Gasteiger partial charge on any atom is 0.293 e. The number of halogens is 1. The third-order valence-corrected chi connectivity index (χ3v) is 14.8. The van der Waals surface area contributed by atoms with Gasteiger partial charge in [0.1, 0.15) is 17.0 Å². The molecule has 2 fully saturated rings. The molecule has 1 aliphatic carbocycles. The molecule has 5 aromatic rings. The standard InChI is InChI=1S/C48H55ClN8O8S/c1-31-23-32(5-9-40(31)49)39-27-48(2,3)13-11-34(39)29-54-16-18-55(19-17-54)35-6-8-38(42(25-35)56-15-4-20-65-47-44(56)24-33-12-14-50-45(33)52-47)46(58)53-66(61,62)37-7-10-41(43(26-37)57(59)60)51-28-36-30-63-21-22-64-36/h5-10,12,14,23-26,36,51H,4,11,13,15-22,27-30H2,1-3H3,(H,50,52)(H,53,58)/t36-/m0/s1. The van der Waals surface area contributed by atoms with Crippen LogP contribution in [0.1, 0.15) is 61.0 Å². The first kappa shape index (κ1) is 45.4. The lowest BCUT2D eigenvalue weighted by molar-refractivity contribution is -0.384. The van der Waals surface area contributed by atoms with E-state index in [9.17, 15) is 23.3 Å². The summed E-state index contributed by atoms with van der Waals surface area (Å²) in [5, 5.41) is 16.8. The van der Waals surface area contributed by atoms with E-state index < -0.39 is 31.4 Å². The van der Waals surface area contributed by atoms with Gasteiger partial charge in [0.25, 0.3) is 21.6 Å². The van der Waals surface area contributed by atoms with Gasteiger partial charge in [-0.2, -0.15) is 4.98 Å². The van der Waals surface area contributed by atoms with Gasteiger partial charge in [0.05, 0.1) is 53.6 Å². The van der Waals surface area contributed by atoms with Crippen molar-refractivity contribution in [2.24, 2.45) is 5.41 Å². The number of hydrogen-bond donors (Lipinski definition) is 3. The second-order valence-electron chi connectivity index (χ2n) is 18.3. The van der Waals surface area contributed by atoms with Crippen molar-refractivity contribution < 1.29 is 32.3 Å². The van der Waals surface area contributed by atoms with E-state index in [1.165, 1.54) is 28.8 Å². The SMILES string of the molecule is Cc1cc(C2=C(CN3CCN(c4ccc(C(=O)NS(=O)(=O)c5ccc(NC[C@H]6COCCO6)c([N+](=O)[O-])c5)c(N5CCCOc6nc7[nH]ccc7cc65)c4)CC3)CCC(C)(C)C2)ccc1Cl. The van der Waals surface area contributed by atoms with Gasteiger partial charge in [-0.25, -0.2) is 13.1 Å². The third-order valence-electron chi connectivity index (χ3n) is 13.0. The molecule has 3 aliphatic heterocycles. The number of pyridine rings is 1. The van der Waals surface area contributed by atoms with Crippen molar-refractivity contribution in [1.29, 1.82) is 0 Å². The van der Waals surface area contributed by atoms with E-state index in [1.54, 1.807) is 12.3 Å². The van der Waals surface area contributed by atoms with Gasteiger partial charge in [0.15, 0.2) is 0 Å². The predicted molar refractivity (Wildman–Crippen MR) is 256 cm³/mol. The van der Waals surface area contributed by atoms with Crippen LogP contribution in [0.15, 0.2) is 83.4 Å². The number of nitro benzene ring substituents is 1. The number of benzene rings is 3. The average molecular weight is 940 g/mol. The minimum Gasteiger partial charge on any atom is -0.476 e.